The minimum Gasteiger partial charge on any atom is -0.497 e. The van der Waals surface area contributed by atoms with Crippen LogP contribution in [0.15, 0.2) is 24.3 Å². The predicted molar refractivity (Wildman–Crippen MR) is 49.8 cm³/mol. The fraction of sp³-hybridized carbons (Fsp3) is 0.300. The summed E-state index contributed by atoms with van der Waals surface area (Å²) in [5.41, 5.74) is 1.10. The standard InChI is InChI=1S/C10H11NO3/c1-13-8-4-2-7(3-5-8)9-10(11-9)14-6-12/h2-6,9-11H,1H3/t9-,10-/m1/s1. The van der Waals surface area contributed by atoms with Crippen molar-refractivity contribution in [1.82, 2.24) is 5.32 Å². The van der Waals surface area contributed by atoms with Gasteiger partial charge in [0, 0.05) is 0 Å². The van der Waals surface area contributed by atoms with Crippen molar-refractivity contribution in [3.8, 4) is 5.75 Å². The van der Waals surface area contributed by atoms with Crippen molar-refractivity contribution in [3.63, 3.8) is 0 Å². The van der Waals surface area contributed by atoms with E-state index in [9.17, 15) is 4.79 Å². The molecule has 1 aromatic carbocycles. The summed E-state index contributed by atoms with van der Waals surface area (Å²) in [5.74, 6) is 0.822. The molecule has 4 heteroatoms. The van der Waals surface area contributed by atoms with Crippen LogP contribution in [-0.4, -0.2) is 19.8 Å². The van der Waals surface area contributed by atoms with Gasteiger partial charge in [-0.05, 0) is 17.7 Å². The van der Waals surface area contributed by atoms with Crippen molar-refractivity contribution >= 4 is 6.47 Å². The molecule has 0 spiro atoms. The molecular formula is C10H11NO3. The van der Waals surface area contributed by atoms with E-state index in [-0.39, 0.29) is 12.3 Å². The van der Waals surface area contributed by atoms with Gasteiger partial charge in [-0.25, -0.2) is 0 Å². The maximum atomic E-state index is 10.1. The smallest absolute Gasteiger partial charge is 0.294 e. The zero-order valence-electron chi connectivity index (χ0n) is 7.77. The van der Waals surface area contributed by atoms with Gasteiger partial charge in [-0.3, -0.25) is 10.1 Å². The van der Waals surface area contributed by atoms with Crippen LogP contribution in [0, 0.1) is 0 Å². The van der Waals surface area contributed by atoms with Crippen LogP contribution in [0.3, 0.4) is 0 Å². The SMILES string of the molecule is COc1ccc([C@H]2N[C@@H]2OC=O)cc1. The normalized spacial score (nSPS) is 24.1. The van der Waals surface area contributed by atoms with Gasteiger partial charge in [-0.1, -0.05) is 12.1 Å². The Hall–Kier alpha value is -1.55. The lowest BCUT2D eigenvalue weighted by molar-refractivity contribution is -0.130. The summed E-state index contributed by atoms with van der Waals surface area (Å²) in [6.07, 6.45) is -0.166. The van der Waals surface area contributed by atoms with Gasteiger partial charge in [-0.2, -0.15) is 0 Å². The quantitative estimate of drug-likeness (QED) is 0.568. The van der Waals surface area contributed by atoms with Crippen LogP contribution in [0.2, 0.25) is 0 Å². The molecule has 0 aromatic heterocycles. The average molecular weight is 193 g/mol. The lowest BCUT2D eigenvalue weighted by Gasteiger charge is -2.00. The van der Waals surface area contributed by atoms with E-state index in [0.29, 0.717) is 6.47 Å². The van der Waals surface area contributed by atoms with Crippen molar-refractivity contribution in [1.29, 1.82) is 0 Å². The van der Waals surface area contributed by atoms with Crippen LogP contribution in [-0.2, 0) is 9.53 Å². The second-order valence-corrected chi connectivity index (χ2v) is 3.07. The average Bonchev–Trinajstić information content (AvgIpc) is 2.98. The largest absolute Gasteiger partial charge is 0.497 e. The highest BCUT2D eigenvalue weighted by atomic mass is 16.6. The van der Waals surface area contributed by atoms with E-state index in [2.05, 4.69) is 5.32 Å². The van der Waals surface area contributed by atoms with Crippen molar-refractivity contribution in [2.24, 2.45) is 0 Å². The molecular weight excluding hydrogens is 182 g/mol. The van der Waals surface area contributed by atoms with E-state index < -0.39 is 0 Å². The third-order valence-electron chi connectivity index (χ3n) is 2.21. The first-order chi connectivity index (χ1) is 6.85. The molecule has 4 nitrogen and oxygen atoms in total. The molecule has 0 unspecified atom stereocenters. The van der Waals surface area contributed by atoms with Gasteiger partial charge in [-0.15, -0.1) is 0 Å². The van der Waals surface area contributed by atoms with E-state index in [0.717, 1.165) is 11.3 Å². The van der Waals surface area contributed by atoms with Crippen molar-refractivity contribution < 1.29 is 14.3 Å². The van der Waals surface area contributed by atoms with Crippen LogP contribution >= 0.6 is 0 Å². The third kappa shape index (κ3) is 1.70. The van der Waals surface area contributed by atoms with Gasteiger partial charge < -0.3 is 9.47 Å². The number of rotatable bonds is 4. The molecule has 0 saturated carbocycles. The molecule has 0 bridgehead atoms. The van der Waals surface area contributed by atoms with Gasteiger partial charge >= 0.3 is 0 Å². The van der Waals surface area contributed by atoms with E-state index >= 15 is 0 Å². The third-order valence-corrected chi connectivity index (χ3v) is 2.21. The van der Waals surface area contributed by atoms with E-state index in [4.69, 9.17) is 9.47 Å². The molecule has 1 aliphatic rings. The zero-order valence-corrected chi connectivity index (χ0v) is 7.77. The summed E-state index contributed by atoms with van der Waals surface area (Å²) in [5, 5.41) is 3.03. The number of ether oxygens (including phenoxy) is 2. The van der Waals surface area contributed by atoms with Crippen LogP contribution in [0.4, 0.5) is 0 Å². The van der Waals surface area contributed by atoms with Crippen molar-refractivity contribution in [2.45, 2.75) is 12.3 Å². The second kappa shape index (κ2) is 3.67. The molecule has 74 valence electrons. The van der Waals surface area contributed by atoms with Crippen molar-refractivity contribution in [2.75, 3.05) is 7.11 Å². The van der Waals surface area contributed by atoms with Crippen LogP contribution < -0.4 is 10.1 Å². The number of nitrogens with one attached hydrogen (secondary N) is 1. The van der Waals surface area contributed by atoms with Crippen LogP contribution in [0.1, 0.15) is 11.6 Å². The highest BCUT2D eigenvalue weighted by molar-refractivity contribution is 5.40. The Bertz CT molecular complexity index is 323. The fourth-order valence-corrected chi connectivity index (χ4v) is 1.38. The van der Waals surface area contributed by atoms with Crippen molar-refractivity contribution in [3.05, 3.63) is 29.8 Å². The molecule has 1 heterocycles. The number of benzene rings is 1. The first kappa shape index (κ1) is 9.02. The first-order valence-corrected chi connectivity index (χ1v) is 4.34. The van der Waals surface area contributed by atoms with E-state index in [1.807, 2.05) is 24.3 Å². The number of hydrogen-bond acceptors (Lipinski definition) is 4. The Balaban J connectivity index is 2.01. The predicted octanol–water partition coefficient (Wildman–Crippen LogP) is 0.839. The number of carbonyl (C=O) groups excluding carboxylic acids is 1. The molecule has 1 saturated heterocycles. The lowest BCUT2D eigenvalue weighted by Crippen LogP contribution is -1.95. The highest BCUT2D eigenvalue weighted by Gasteiger charge is 2.39. The Morgan fingerprint density at radius 2 is 2.07 bits per heavy atom. The van der Waals surface area contributed by atoms with Crippen LogP contribution in [0.25, 0.3) is 0 Å². The zero-order chi connectivity index (χ0) is 9.97. The molecule has 1 aliphatic heterocycles. The topological polar surface area (TPSA) is 57.5 Å². The number of methoxy groups -OCH3 is 1. The molecule has 2 rings (SSSR count). The summed E-state index contributed by atoms with van der Waals surface area (Å²) in [7, 11) is 1.63. The molecule has 1 N–H and O–H groups in total. The molecule has 0 amide bonds. The lowest BCUT2D eigenvalue weighted by atomic mass is 10.1. The molecule has 1 fully saturated rings. The highest BCUT2D eigenvalue weighted by Crippen LogP contribution is 2.30. The van der Waals surface area contributed by atoms with Crippen LogP contribution in [0.5, 0.6) is 5.75 Å². The Labute approximate surface area is 81.8 Å². The maximum Gasteiger partial charge on any atom is 0.294 e. The molecule has 1 aromatic rings. The van der Waals surface area contributed by atoms with Gasteiger partial charge in [0.1, 0.15) is 5.75 Å². The molecule has 0 radical (unpaired) electrons. The summed E-state index contributed by atoms with van der Waals surface area (Å²) < 4.78 is 9.79. The summed E-state index contributed by atoms with van der Waals surface area (Å²) in [4.78, 5) is 10.1. The number of hydrogen-bond donors (Lipinski definition) is 1. The second-order valence-electron chi connectivity index (χ2n) is 3.07. The maximum absolute atomic E-state index is 10.1. The molecule has 14 heavy (non-hydrogen) atoms. The summed E-state index contributed by atoms with van der Waals surface area (Å²) in [6.45, 7) is 0.460. The van der Waals surface area contributed by atoms with Gasteiger partial charge in [0.05, 0.1) is 13.2 Å². The van der Waals surface area contributed by atoms with Gasteiger partial charge in [0.2, 0.25) is 0 Å². The Morgan fingerprint density at radius 3 is 2.64 bits per heavy atom. The monoisotopic (exact) mass is 193 g/mol. The Kier molecular flexibility index (Phi) is 2.37. The summed E-state index contributed by atoms with van der Waals surface area (Å²) in [6, 6.07) is 7.79. The van der Waals surface area contributed by atoms with Gasteiger partial charge in [0.25, 0.3) is 6.47 Å². The van der Waals surface area contributed by atoms with E-state index in [1.165, 1.54) is 0 Å². The minimum atomic E-state index is -0.166. The number of carbonyl (C=O) groups is 1. The van der Waals surface area contributed by atoms with Gasteiger partial charge in [0.15, 0.2) is 6.23 Å². The summed E-state index contributed by atoms with van der Waals surface area (Å²) >= 11 is 0. The fourth-order valence-electron chi connectivity index (χ4n) is 1.38. The Morgan fingerprint density at radius 1 is 1.36 bits per heavy atom. The minimum absolute atomic E-state index is 0.131. The molecule has 2 atom stereocenters. The van der Waals surface area contributed by atoms with E-state index in [1.54, 1.807) is 7.11 Å². The first-order valence-electron chi connectivity index (χ1n) is 4.34. The molecule has 0 aliphatic carbocycles.